The van der Waals surface area contributed by atoms with Crippen LogP contribution < -0.4 is 0 Å². The first-order chi connectivity index (χ1) is 12.5. The van der Waals surface area contributed by atoms with E-state index in [0.29, 0.717) is 12.2 Å². The summed E-state index contributed by atoms with van der Waals surface area (Å²) in [5.74, 6) is -0.261. The van der Waals surface area contributed by atoms with Gasteiger partial charge in [-0.15, -0.1) is 0 Å². The highest BCUT2D eigenvalue weighted by molar-refractivity contribution is 5.76. The van der Waals surface area contributed by atoms with Crippen LogP contribution in [-0.4, -0.2) is 49.4 Å². The first-order valence-electron chi connectivity index (χ1n) is 9.18. The summed E-state index contributed by atoms with van der Waals surface area (Å²) in [6.07, 6.45) is 5.70. The zero-order valence-corrected chi connectivity index (χ0v) is 17.6. The molecule has 152 valence electrons. The number of nitrogens with zero attached hydrogens (tertiary/aromatic N) is 1. The second kappa shape index (κ2) is 9.62. The Bertz CT molecular complexity index is 615. The fourth-order valence-corrected chi connectivity index (χ4v) is 3.15. The molecule has 0 radical (unpaired) electrons. The maximum absolute atomic E-state index is 12.5. The number of amides is 1. The Morgan fingerprint density at radius 1 is 1.11 bits per heavy atom. The van der Waals surface area contributed by atoms with E-state index in [9.17, 15) is 9.59 Å². The van der Waals surface area contributed by atoms with Crippen LogP contribution in [0.4, 0.5) is 4.79 Å². The highest BCUT2D eigenvalue weighted by atomic mass is 16.6. The van der Waals surface area contributed by atoms with Crippen molar-refractivity contribution in [2.45, 2.75) is 52.7 Å². The summed E-state index contributed by atoms with van der Waals surface area (Å²) in [5.41, 5.74) is 0.210. The Hall–Kier alpha value is -2.24. The molecule has 1 fully saturated rings. The van der Waals surface area contributed by atoms with Gasteiger partial charge in [0.05, 0.1) is 20.1 Å². The molecule has 0 aromatic carbocycles. The van der Waals surface area contributed by atoms with Crippen molar-refractivity contribution in [2.75, 3.05) is 20.8 Å². The van der Waals surface area contributed by atoms with Crippen LogP contribution >= 0.6 is 0 Å². The molecule has 1 saturated heterocycles. The van der Waals surface area contributed by atoms with E-state index >= 15 is 0 Å². The molecule has 1 amide bonds. The maximum Gasteiger partial charge on any atom is 0.410 e. The highest BCUT2D eigenvalue weighted by Crippen LogP contribution is 2.35. The Morgan fingerprint density at radius 3 is 2.22 bits per heavy atom. The average molecular weight is 379 g/mol. The molecule has 3 atom stereocenters. The van der Waals surface area contributed by atoms with Crippen LogP contribution in [-0.2, 0) is 19.0 Å². The Kier molecular flexibility index (Phi) is 8.13. The smallest absolute Gasteiger partial charge is 0.410 e. The number of esters is 1. The van der Waals surface area contributed by atoms with E-state index in [1.54, 1.807) is 12.0 Å². The van der Waals surface area contributed by atoms with Gasteiger partial charge in [-0.25, -0.2) is 4.79 Å². The van der Waals surface area contributed by atoms with E-state index in [1.807, 2.05) is 52.8 Å². The largest absolute Gasteiger partial charge is 0.497 e. The van der Waals surface area contributed by atoms with Crippen molar-refractivity contribution in [3.63, 3.8) is 0 Å². The molecule has 1 rings (SSSR count). The number of methoxy groups -OCH3 is 2. The van der Waals surface area contributed by atoms with Crippen molar-refractivity contribution in [3.05, 3.63) is 36.1 Å². The molecular formula is C21H33NO5. The molecular weight excluding hydrogens is 346 g/mol. The standard InChI is InChI=1S/C21H33NO5/c1-9-16(25-7)11-10-14(2)17-12-15(3)22(13-18(17)19(23)26-8)20(24)27-21(4,5)6/h9-11,15,17-18H,2,12-13H2,1,3-8H3/b11-10-,16-9+/t15-,17-,18+/m1/s1. The molecule has 0 bridgehead atoms. The number of ether oxygens (including phenoxy) is 3. The third-order valence-corrected chi connectivity index (χ3v) is 4.60. The number of likely N-dealkylation sites (tertiary alicyclic amines) is 1. The molecule has 27 heavy (non-hydrogen) atoms. The van der Waals surface area contributed by atoms with Gasteiger partial charge in [-0.05, 0) is 53.2 Å². The van der Waals surface area contributed by atoms with Gasteiger partial charge in [0.25, 0.3) is 0 Å². The number of carbonyl (C=O) groups is 2. The predicted molar refractivity (Wildman–Crippen MR) is 105 cm³/mol. The molecule has 0 aromatic heterocycles. The van der Waals surface area contributed by atoms with Gasteiger partial charge in [-0.1, -0.05) is 18.2 Å². The minimum atomic E-state index is -0.593. The van der Waals surface area contributed by atoms with E-state index in [0.717, 1.165) is 5.57 Å². The van der Waals surface area contributed by atoms with Gasteiger partial charge in [0.1, 0.15) is 11.4 Å². The molecule has 1 heterocycles. The molecule has 1 aliphatic rings. The van der Waals surface area contributed by atoms with Crippen LogP contribution in [0.3, 0.4) is 0 Å². The maximum atomic E-state index is 12.5. The normalized spacial score (nSPS) is 23.9. The summed E-state index contributed by atoms with van der Waals surface area (Å²) >= 11 is 0. The summed E-state index contributed by atoms with van der Waals surface area (Å²) < 4.78 is 15.7. The van der Waals surface area contributed by atoms with Crippen molar-refractivity contribution in [1.29, 1.82) is 0 Å². The lowest BCUT2D eigenvalue weighted by Gasteiger charge is -2.42. The van der Waals surface area contributed by atoms with Gasteiger partial charge in [0, 0.05) is 18.5 Å². The molecule has 1 aliphatic heterocycles. The van der Waals surface area contributed by atoms with Gasteiger partial charge in [-0.3, -0.25) is 4.79 Å². The SMILES string of the molecule is C=C(/C=C\C(=C/C)OC)[C@H]1C[C@@H](C)N(C(=O)OC(C)(C)C)C[C@@H]1C(=O)OC. The second-order valence-corrected chi connectivity index (χ2v) is 7.76. The van der Waals surface area contributed by atoms with E-state index in [-0.39, 0.29) is 24.5 Å². The quantitative estimate of drug-likeness (QED) is 0.409. The van der Waals surface area contributed by atoms with Crippen LogP contribution in [0.2, 0.25) is 0 Å². The first-order valence-corrected chi connectivity index (χ1v) is 9.18. The van der Waals surface area contributed by atoms with Crippen molar-refractivity contribution in [2.24, 2.45) is 11.8 Å². The van der Waals surface area contributed by atoms with Crippen molar-refractivity contribution in [3.8, 4) is 0 Å². The van der Waals surface area contributed by atoms with Gasteiger partial charge < -0.3 is 19.1 Å². The molecule has 0 aromatic rings. The molecule has 0 unspecified atom stereocenters. The first kappa shape index (κ1) is 22.8. The Balaban J connectivity index is 3.03. The van der Waals surface area contributed by atoms with Crippen molar-refractivity contribution < 1.29 is 23.8 Å². The van der Waals surface area contributed by atoms with E-state index in [2.05, 4.69) is 6.58 Å². The summed E-state index contributed by atoms with van der Waals surface area (Å²) in [4.78, 5) is 26.5. The van der Waals surface area contributed by atoms with Crippen LogP contribution in [0.15, 0.2) is 36.1 Å². The van der Waals surface area contributed by atoms with Crippen LogP contribution in [0, 0.1) is 11.8 Å². The van der Waals surface area contributed by atoms with Gasteiger partial charge in [-0.2, -0.15) is 0 Å². The lowest BCUT2D eigenvalue weighted by Crippen LogP contribution is -2.52. The fourth-order valence-electron chi connectivity index (χ4n) is 3.15. The third-order valence-electron chi connectivity index (χ3n) is 4.60. The number of allylic oxidation sites excluding steroid dienone is 4. The second-order valence-electron chi connectivity index (χ2n) is 7.76. The number of rotatable bonds is 5. The summed E-state index contributed by atoms with van der Waals surface area (Å²) in [5, 5.41) is 0. The van der Waals surface area contributed by atoms with Crippen LogP contribution in [0.1, 0.15) is 41.0 Å². The lowest BCUT2D eigenvalue weighted by atomic mass is 9.78. The van der Waals surface area contributed by atoms with Gasteiger partial charge >= 0.3 is 12.1 Å². The Morgan fingerprint density at radius 2 is 1.74 bits per heavy atom. The molecule has 0 spiro atoms. The Labute approximate surface area is 162 Å². The van der Waals surface area contributed by atoms with E-state index in [1.165, 1.54) is 7.11 Å². The van der Waals surface area contributed by atoms with E-state index in [4.69, 9.17) is 14.2 Å². The average Bonchev–Trinajstić information content (AvgIpc) is 2.59. The zero-order chi connectivity index (χ0) is 20.8. The highest BCUT2D eigenvalue weighted by Gasteiger charge is 2.42. The molecule has 0 saturated carbocycles. The predicted octanol–water partition coefficient (Wildman–Crippen LogP) is 4.08. The topological polar surface area (TPSA) is 65.1 Å². The minimum absolute atomic E-state index is 0.0838. The lowest BCUT2D eigenvalue weighted by molar-refractivity contribution is -0.149. The summed E-state index contributed by atoms with van der Waals surface area (Å²) in [7, 11) is 2.96. The van der Waals surface area contributed by atoms with Gasteiger partial charge in [0.15, 0.2) is 0 Å². The zero-order valence-electron chi connectivity index (χ0n) is 17.6. The number of hydrogen-bond donors (Lipinski definition) is 0. The van der Waals surface area contributed by atoms with Gasteiger partial charge in [0.2, 0.25) is 0 Å². The van der Waals surface area contributed by atoms with Crippen molar-refractivity contribution in [1.82, 2.24) is 4.90 Å². The van der Waals surface area contributed by atoms with Crippen LogP contribution in [0.5, 0.6) is 0 Å². The summed E-state index contributed by atoms with van der Waals surface area (Å²) in [6.45, 7) is 13.7. The van der Waals surface area contributed by atoms with Crippen molar-refractivity contribution >= 4 is 12.1 Å². The minimum Gasteiger partial charge on any atom is -0.497 e. The molecule has 0 aliphatic carbocycles. The van der Waals surface area contributed by atoms with E-state index < -0.39 is 17.6 Å². The third kappa shape index (κ3) is 6.45. The number of piperidine rings is 1. The van der Waals surface area contributed by atoms with Crippen LogP contribution in [0.25, 0.3) is 0 Å². The summed E-state index contributed by atoms with van der Waals surface area (Å²) in [6, 6.07) is -0.0838. The fraction of sp³-hybridized carbons (Fsp3) is 0.619. The molecule has 6 heteroatoms. The molecule has 0 N–H and O–H groups in total. The number of hydrogen-bond acceptors (Lipinski definition) is 5. The number of carbonyl (C=O) groups excluding carboxylic acids is 2. The molecule has 6 nitrogen and oxygen atoms in total. The monoisotopic (exact) mass is 379 g/mol.